The number of benzene rings is 1. The maximum absolute atomic E-state index is 12.5. The minimum atomic E-state index is 0.111. The number of nitrogens with one attached hydrogen (secondary N) is 1. The summed E-state index contributed by atoms with van der Waals surface area (Å²) in [6, 6.07) is 10.3. The molecule has 2 aromatic rings. The van der Waals surface area contributed by atoms with Gasteiger partial charge in [0, 0.05) is 30.6 Å². The van der Waals surface area contributed by atoms with Gasteiger partial charge in [0.15, 0.2) is 0 Å². The van der Waals surface area contributed by atoms with E-state index in [1.165, 1.54) is 16.0 Å². The molecule has 2 heterocycles. The summed E-state index contributed by atoms with van der Waals surface area (Å²) < 4.78 is 0. The van der Waals surface area contributed by atoms with Gasteiger partial charge in [-0.2, -0.15) is 0 Å². The van der Waals surface area contributed by atoms with Crippen molar-refractivity contribution in [2.75, 3.05) is 20.1 Å². The van der Waals surface area contributed by atoms with E-state index in [1.54, 1.807) is 11.3 Å². The van der Waals surface area contributed by atoms with E-state index in [0.29, 0.717) is 0 Å². The maximum Gasteiger partial charge on any atom is 0.253 e. The van der Waals surface area contributed by atoms with Gasteiger partial charge >= 0.3 is 0 Å². The molecule has 4 heteroatoms. The number of nitrogens with zero attached hydrogens (tertiary/aromatic N) is 1. The molecule has 3 nitrogen and oxygen atoms in total. The van der Waals surface area contributed by atoms with Crippen LogP contribution in [0.2, 0.25) is 0 Å². The minimum absolute atomic E-state index is 0.111. The molecular weight excluding hydrogens is 280 g/mol. The zero-order valence-corrected chi connectivity index (χ0v) is 13.1. The first-order valence-corrected chi connectivity index (χ1v) is 8.22. The quantitative estimate of drug-likeness (QED) is 0.941. The van der Waals surface area contributed by atoms with E-state index in [1.807, 2.05) is 24.1 Å². The predicted molar refractivity (Wildman–Crippen MR) is 86.8 cm³/mol. The van der Waals surface area contributed by atoms with E-state index >= 15 is 0 Å². The highest BCUT2D eigenvalue weighted by molar-refractivity contribution is 7.09. The molecule has 1 aromatic heterocycles. The van der Waals surface area contributed by atoms with Gasteiger partial charge in [-0.3, -0.25) is 4.79 Å². The summed E-state index contributed by atoms with van der Waals surface area (Å²) in [6.07, 6.45) is 1.98. The molecule has 1 N–H and O–H groups in total. The SMILES string of the molecule is CN(CCc1cccs1)C(=O)c1ccc2c(c1)CNCC2. The third-order valence-electron chi connectivity index (χ3n) is 3.96. The van der Waals surface area contributed by atoms with Crippen LogP contribution >= 0.6 is 11.3 Å². The van der Waals surface area contributed by atoms with Gasteiger partial charge < -0.3 is 10.2 Å². The highest BCUT2D eigenvalue weighted by atomic mass is 32.1. The Bertz CT molecular complexity index is 622. The normalized spacial score (nSPS) is 13.8. The Balaban J connectivity index is 1.66. The number of hydrogen-bond donors (Lipinski definition) is 1. The van der Waals surface area contributed by atoms with E-state index in [0.717, 1.165) is 38.0 Å². The fourth-order valence-electron chi connectivity index (χ4n) is 2.67. The molecule has 0 spiro atoms. The fraction of sp³-hybridized carbons (Fsp3) is 0.353. The highest BCUT2D eigenvalue weighted by Crippen LogP contribution is 2.17. The average molecular weight is 300 g/mol. The van der Waals surface area contributed by atoms with Crippen LogP contribution in [0, 0.1) is 0 Å². The summed E-state index contributed by atoms with van der Waals surface area (Å²) in [5.41, 5.74) is 3.43. The topological polar surface area (TPSA) is 32.3 Å². The maximum atomic E-state index is 12.5. The molecule has 0 aliphatic carbocycles. The first kappa shape index (κ1) is 14.3. The Hall–Kier alpha value is -1.65. The summed E-state index contributed by atoms with van der Waals surface area (Å²) in [5, 5.41) is 5.43. The van der Waals surface area contributed by atoms with Crippen LogP contribution < -0.4 is 5.32 Å². The van der Waals surface area contributed by atoms with Gasteiger partial charge in [0.25, 0.3) is 5.91 Å². The first-order valence-electron chi connectivity index (χ1n) is 7.34. The Kier molecular flexibility index (Phi) is 4.36. The van der Waals surface area contributed by atoms with Crippen molar-refractivity contribution in [2.24, 2.45) is 0 Å². The molecule has 1 aromatic carbocycles. The average Bonchev–Trinajstić information content (AvgIpc) is 3.05. The monoisotopic (exact) mass is 300 g/mol. The van der Waals surface area contributed by atoms with E-state index in [9.17, 15) is 4.79 Å². The van der Waals surface area contributed by atoms with Crippen molar-refractivity contribution in [3.8, 4) is 0 Å². The van der Waals surface area contributed by atoms with Crippen LogP contribution in [-0.2, 0) is 19.4 Å². The minimum Gasteiger partial charge on any atom is -0.341 e. The van der Waals surface area contributed by atoms with Crippen LogP contribution in [0.1, 0.15) is 26.4 Å². The van der Waals surface area contributed by atoms with Gasteiger partial charge in [-0.15, -0.1) is 11.3 Å². The van der Waals surface area contributed by atoms with Crippen molar-refractivity contribution in [1.82, 2.24) is 10.2 Å². The number of thiophene rings is 1. The van der Waals surface area contributed by atoms with E-state index in [2.05, 4.69) is 28.9 Å². The van der Waals surface area contributed by atoms with Crippen LogP contribution in [0.15, 0.2) is 35.7 Å². The van der Waals surface area contributed by atoms with Crippen LogP contribution in [0.3, 0.4) is 0 Å². The number of fused-ring (bicyclic) bond motifs is 1. The molecular formula is C17H20N2OS. The summed E-state index contributed by atoms with van der Waals surface area (Å²) in [5.74, 6) is 0.111. The molecule has 0 saturated heterocycles. The van der Waals surface area contributed by atoms with E-state index < -0.39 is 0 Å². The lowest BCUT2D eigenvalue weighted by atomic mass is 9.98. The molecule has 1 amide bonds. The predicted octanol–water partition coefficient (Wildman–Crippen LogP) is 2.71. The lowest BCUT2D eigenvalue weighted by Gasteiger charge is -2.20. The van der Waals surface area contributed by atoms with Gasteiger partial charge in [0.05, 0.1) is 0 Å². The number of likely N-dealkylation sites (N-methyl/N-ethyl adjacent to an activating group) is 1. The molecule has 0 radical (unpaired) electrons. The van der Waals surface area contributed by atoms with Gasteiger partial charge in [-0.1, -0.05) is 12.1 Å². The number of rotatable bonds is 4. The molecule has 1 aliphatic rings. The van der Waals surface area contributed by atoms with Gasteiger partial charge in [0.1, 0.15) is 0 Å². The number of amides is 1. The summed E-state index contributed by atoms with van der Waals surface area (Å²) in [7, 11) is 1.88. The second-order valence-corrected chi connectivity index (χ2v) is 6.50. The molecule has 0 atom stereocenters. The molecule has 3 rings (SSSR count). The van der Waals surface area contributed by atoms with Crippen LogP contribution in [-0.4, -0.2) is 30.9 Å². The van der Waals surface area contributed by atoms with E-state index in [4.69, 9.17) is 0 Å². The number of hydrogen-bond acceptors (Lipinski definition) is 3. The fourth-order valence-corrected chi connectivity index (χ4v) is 3.37. The van der Waals surface area contributed by atoms with Crippen molar-refractivity contribution in [2.45, 2.75) is 19.4 Å². The second-order valence-electron chi connectivity index (χ2n) is 5.47. The summed E-state index contributed by atoms with van der Waals surface area (Å²) >= 11 is 1.74. The molecule has 0 bridgehead atoms. The Morgan fingerprint density at radius 1 is 1.33 bits per heavy atom. The summed E-state index contributed by atoms with van der Waals surface area (Å²) in [6.45, 7) is 2.66. The van der Waals surface area contributed by atoms with Gasteiger partial charge in [-0.25, -0.2) is 0 Å². The third-order valence-corrected chi connectivity index (χ3v) is 4.90. The molecule has 21 heavy (non-hydrogen) atoms. The van der Waals surface area contributed by atoms with Crippen LogP contribution in [0.25, 0.3) is 0 Å². The Labute approximate surface area is 129 Å². The largest absolute Gasteiger partial charge is 0.341 e. The molecule has 0 saturated carbocycles. The van der Waals surface area contributed by atoms with Crippen LogP contribution in [0.4, 0.5) is 0 Å². The van der Waals surface area contributed by atoms with Gasteiger partial charge in [0.2, 0.25) is 0 Å². The third kappa shape index (κ3) is 3.34. The smallest absolute Gasteiger partial charge is 0.253 e. The van der Waals surface area contributed by atoms with Crippen molar-refractivity contribution in [1.29, 1.82) is 0 Å². The Morgan fingerprint density at radius 2 is 2.24 bits per heavy atom. The highest BCUT2D eigenvalue weighted by Gasteiger charge is 2.15. The second kappa shape index (κ2) is 6.41. The van der Waals surface area contributed by atoms with Crippen molar-refractivity contribution in [3.63, 3.8) is 0 Å². The molecule has 0 fully saturated rings. The Morgan fingerprint density at radius 3 is 3.05 bits per heavy atom. The molecule has 110 valence electrons. The van der Waals surface area contributed by atoms with E-state index in [-0.39, 0.29) is 5.91 Å². The van der Waals surface area contributed by atoms with Gasteiger partial charge in [-0.05, 0) is 54.1 Å². The zero-order chi connectivity index (χ0) is 14.7. The number of carbonyl (C=O) groups excluding carboxylic acids is 1. The van der Waals surface area contributed by atoms with Crippen molar-refractivity contribution in [3.05, 3.63) is 57.3 Å². The lowest BCUT2D eigenvalue weighted by Crippen LogP contribution is -2.29. The summed E-state index contributed by atoms with van der Waals surface area (Å²) in [4.78, 5) is 15.6. The number of carbonyl (C=O) groups is 1. The molecule has 0 unspecified atom stereocenters. The van der Waals surface area contributed by atoms with Crippen LogP contribution in [0.5, 0.6) is 0 Å². The van der Waals surface area contributed by atoms with Crippen molar-refractivity contribution < 1.29 is 4.79 Å². The van der Waals surface area contributed by atoms with Crippen molar-refractivity contribution >= 4 is 17.2 Å². The first-order chi connectivity index (χ1) is 10.2. The molecule has 1 aliphatic heterocycles. The standard InChI is InChI=1S/C17H20N2OS/c1-19(9-7-16-3-2-10-21-16)17(20)14-5-4-13-6-8-18-12-15(13)11-14/h2-5,10-11,18H,6-9,12H2,1H3. The lowest BCUT2D eigenvalue weighted by molar-refractivity contribution is 0.0796. The zero-order valence-electron chi connectivity index (χ0n) is 12.3.